The van der Waals surface area contributed by atoms with Crippen molar-refractivity contribution in [3.63, 3.8) is 0 Å². The topological polar surface area (TPSA) is 77.8 Å². The summed E-state index contributed by atoms with van der Waals surface area (Å²) in [7, 11) is 0. The van der Waals surface area contributed by atoms with Crippen LogP contribution >= 0.6 is 0 Å². The van der Waals surface area contributed by atoms with Gasteiger partial charge in [-0.15, -0.1) is 0 Å². The minimum Gasteiger partial charge on any atom is -0.507 e. The van der Waals surface area contributed by atoms with E-state index >= 15 is 0 Å². The van der Waals surface area contributed by atoms with Gasteiger partial charge < -0.3 is 15.1 Å². The van der Waals surface area contributed by atoms with Crippen molar-refractivity contribution in [2.45, 2.75) is 39.3 Å². The Morgan fingerprint density at radius 3 is 2.21 bits per heavy atom. The van der Waals surface area contributed by atoms with Gasteiger partial charge in [0.25, 0.3) is 11.7 Å². The van der Waals surface area contributed by atoms with E-state index in [1.807, 2.05) is 50.2 Å². The number of likely N-dealkylation sites (tertiary alicyclic amines) is 1. The molecule has 28 heavy (non-hydrogen) atoms. The van der Waals surface area contributed by atoms with Gasteiger partial charge in [0, 0.05) is 12.1 Å². The fraction of sp³-hybridized carbons (Fsp3) is 0.304. The van der Waals surface area contributed by atoms with Gasteiger partial charge in [0.15, 0.2) is 0 Å². The molecule has 146 valence electrons. The van der Waals surface area contributed by atoms with Gasteiger partial charge in [-0.3, -0.25) is 9.59 Å². The van der Waals surface area contributed by atoms with Crippen LogP contribution in [0.2, 0.25) is 0 Å². The van der Waals surface area contributed by atoms with Crippen LogP contribution in [0.3, 0.4) is 0 Å². The molecule has 2 aromatic rings. The third kappa shape index (κ3) is 3.71. The molecule has 0 bridgehead atoms. The number of carbonyl (C=O) groups excluding carboxylic acids is 2. The van der Waals surface area contributed by atoms with Crippen molar-refractivity contribution in [3.8, 4) is 0 Å². The van der Waals surface area contributed by atoms with E-state index in [0.717, 1.165) is 23.1 Å². The predicted octanol–water partition coefficient (Wildman–Crippen LogP) is 3.36. The Morgan fingerprint density at radius 1 is 1.07 bits per heavy atom. The van der Waals surface area contributed by atoms with Crippen LogP contribution in [0.1, 0.15) is 42.1 Å². The fourth-order valence-corrected chi connectivity index (χ4v) is 3.50. The predicted molar refractivity (Wildman–Crippen MR) is 108 cm³/mol. The van der Waals surface area contributed by atoms with Gasteiger partial charge in [0.1, 0.15) is 5.76 Å². The van der Waals surface area contributed by atoms with Crippen LogP contribution in [-0.4, -0.2) is 39.5 Å². The number of aliphatic hydroxyl groups is 2. The summed E-state index contributed by atoms with van der Waals surface area (Å²) < 4.78 is 0. The Kier molecular flexibility index (Phi) is 5.66. The largest absolute Gasteiger partial charge is 0.507 e. The summed E-state index contributed by atoms with van der Waals surface area (Å²) >= 11 is 0. The van der Waals surface area contributed by atoms with Crippen molar-refractivity contribution >= 4 is 17.4 Å². The molecule has 0 aliphatic carbocycles. The second-order valence-corrected chi connectivity index (χ2v) is 7.26. The summed E-state index contributed by atoms with van der Waals surface area (Å²) in [6.07, 6.45) is 0.0763. The molecule has 1 saturated heterocycles. The Hall–Kier alpha value is -2.92. The molecule has 2 unspecified atom stereocenters. The lowest BCUT2D eigenvalue weighted by Crippen LogP contribution is -2.35. The maximum atomic E-state index is 12.8. The first-order valence-electron chi connectivity index (χ1n) is 9.45. The van der Waals surface area contributed by atoms with E-state index in [-0.39, 0.29) is 17.9 Å². The lowest BCUT2D eigenvalue weighted by Gasteiger charge is -2.26. The molecule has 5 nitrogen and oxygen atoms in total. The molecule has 2 atom stereocenters. The highest BCUT2D eigenvalue weighted by molar-refractivity contribution is 6.46. The van der Waals surface area contributed by atoms with Gasteiger partial charge in [-0.25, -0.2) is 0 Å². The highest BCUT2D eigenvalue weighted by atomic mass is 16.3. The van der Waals surface area contributed by atoms with Crippen molar-refractivity contribution < 1.29 is 19.8 Å². The normalized spacial score (nSPS) is 19.9. The first-order chi connectivity index (χ1) is 13.3. The molecular weight excluding hydrogens is 354 g/mol. The van der Waals surface area contributed by atoms with E-state index in [0.29, 0.717) is 5.56 Å². The molecule has 1 aliphatic rings. The minimum absolute atomic E-state index is 0.00937. The molecule has 0 saturated carbocycles. The summed E-state index contributed by atoms with van der Waals surface area (Å²) in [5.74, 6) is -1.64. The number of amides is 1. The van der Waals surface area contributed by atoms with E-state index in [1.54, 1.807) is 19.1 Å². The Morgan fingerprint density at radius 2 is 1.68 bits per heavy atom. The molecular formula is C23H25NO4. The zero-order valence-corrected chi connectivity index (χ0v) is 16.3. The maximum absolute atomic E-state index is 12.8. The smallest absolute Gasteiger partial charge is 0.295 e. The van der Waals surface area contributed by atoms with Crippen LogP contribution < -0.4 is 0 Å². The number of nitrogens with zero attached hydrogens (tertiary/aromatic N) is 1. The average Bonchev–Trinajstić information content (AvgIpc) is 2.92. The molecule has 2 aromatic carbocycles. The van der Waals surface area contributed by atoms with Gasteiger partial charge in [-0.1, -0.05) is 61.0 Å². The Balaban J connectivity index is 2.16. The van der Waals surface area contributed by atoms with Crippen LogP contribution in [0.5, 0.6) is 0 Å². The standard InChI is InChI=1S/C23H25NO4/c1-4-16-7-11-17(12-8-16)20-19(21(26)18-9-5-14(2)6-10-18)22(27)23(28)24(20)13-15(3)25/h5-12,15,20,25-26H,4,13H2,1-3H3/b21-19-. The van der Waals surface area contributed by atoms with Crippen molar-refractivity contribution in [1.82, 2.24) is 4.90 Å². The number of carbonyl (C=O) groups is 2. The quantitative estimate of drug-likeness (QED) is 0.474. The maximum Gasteiger partial charge on any atom is 0.295 e. The molecule has 1 amide bonds. The number of Topliss-reactive ketones (excluding diaryl/α,β-unsaturated/α-hetero) is 1. The number of aryl methyl sites for hydroxylation is 2. The molecule has 2 N–H and O–H groups in total. The molecule has 0 aromatic heterocycles. The van der Waals surface area contributed by atoms with Crippen LogP contribution in [0.4, 0.5) is 0 Å². The van der Waals surface area contributed by atoms with Crippen molar-refractivity contribution in [1.29, 1.82) is 0 Å². The SMILES string of the molecule is CCc1ccc(C2/C(=C(/O)c3ccc(C)cc3)C(=O)C(=O)N2CC(C)O)cc1. The minimum atomic E-state index is -0.796. The van der Waals surface area contributed by atoms with Crippen LogP contribution in [-0.2, 0) is 16.0 Å². The molecule has 1 aliphatic heterocycles. The molecule has 5 heteroatoms. The summed E-state index contributed by atoms with van der Waals surface area (Å²) in [5.41, 5.74) is 3.42. The van der Waals surface area contributed by atoms with Gasteiger partial charge in [-0.2, -0.15) is 0 Å². The van der Waals surface area contributed by atoms with Gasteiger partial charge >= 0.3 is 0 Å². The van der Waals surface area contributed by atoms with Gasteiger partial charge in [0.2, 0.25) is 0 Å². The van der Waals surface area contributed by atoms with Gasteiger partial charge in [0.05, 0.1) is 17.7 Å². The van der Waals surface area contributed by atoms with Crippen molar-refractivity contribution in [3.05, 3.63) is 76.4 Å². The number of rotatable bonds is 5. The van der Waals surface area contributed by atoms with E-state index in [2.05, 4.69) is 0 Å². The average molecular weight is 379 g/mol. The van der Waals surface area contributed by atoms with Crippen molar-refractivity contribution in [2.75, 3.05) is 6.54 Å². The fourth-order valence-electron chi connectivity index (χ4n) is 3.50. The zero-order chi connectivity index (χ0) is 20.4. The number of aliphatic hydroxyl groups excluding tert-OH is 2. The highest BCUT2D eigenvalue weighted by Crippen LogP contribution is 2.39. The van der Waals surface area contributed by atoms with E-state index in [4.69, 9.17) is 0 Å². The zero-order valence-electron chi connectivity index (χ0n) is 16.3. The third-order valence-electron chi connectivity index (χ3n) is 5.03. The van der Waals surface area contributed by atoms with Gasteiger partial charge in [-0.05, 0) is 31.4 Å². The number of hydrogen-bond donors (Lipinski definition) is 2. The summed E-state index contributed by atoms with van der Waals surface area (Å²) in [4.78, 5) is 26.8. The Labute approximate surface area is 164 Å². The van der Waals surface area contributed by atoms with Crippen LogP contribution in [0, 0.1) is 6.92 Å². The monoisotopic (exact) mass is 379 g/mol. The van der Waals surface area contributed by atoms with Crippen molar-refractivity contribution in [2.24, 2.45) is 0 Å². The number of benzene rings is 2. The molecule has 0 spiro atoms. The highest BCUT2D eigenvalue weighted by Gasteiger charge is 2.46. The first-order valence-corrected chi connectivity index (χ1v) is 9.45. The third-order valence-corrected chi connectivity index (χ3v) is 5.03. The number of hydrogen-bond acceptors (Lipinski definition) is 4. The summed E-state index contributed by atoms with van der Waals surface area (Å²) in [6.45, 7) is 5.55. The summed E-state index contributed by atoms with van der Waals surface area (Å²) in [5, 5.41) is 20.8. The molecule has 1 fully saturated rings. The van der Waals surface area contributed by atoms with E-state index in [9.17, 15) is 19.8 Å². The van der Waals surface area contributed by atoms with Crippen LogP contribution in [0.15, 0.2) is 54.1 Å². The lowest BCUT2D eigenvalue weighted by atomic mass is 9.94. The second-order valence-electron chi connectivity index (χ2n) is 7.26. The second kappa shape index (κ2) is 7.98. The summed E-state index contributed by atoms with van der Waals surface area (Å²) in [6, 6.07) is 14.0. The van der Waals surface area contributed by atoms with E-state index in [1.165, 1.54) is 4.90 Å². The number of ketones is 1. The van der Waals surface area contributed by atoms with E-state index < -0.39 is 23.8 Å². The molecule has 3 rings (SSSR count). The first kappa shape index (κ1) is 19.8. The molecule has 1 heterocycles. The molecule has 0 radical (unpaired) electrons. The van der Waals surface area contributed by atoms with Crippen LogP contribution in [0.25, 0.3) is 5.76 Å². The Bertz CT molecular complexity index is 911. The number of β-amino-alcohol motifs (C(OH)–C–C–N with tert-alkyl or cyclic N) is 1. The lowest BCUT2D eigenvalue weighted by molar-refractivity contribution is -0.140.